The van der Waals surface area contributed by atoms with E-state index in [1.807, 2.05) is 24.3 Å². The van der Waals surface area contributed by atoms with Crippen LogP contribution in [0.25, 0.3) is 0 Å². The zero-order valence-corrected chi connectivity index (χ0v) is 32.0. The second kappa shape index (κ2) is 37.1. The van der Waals surface area contributed by atoms with Gasteiger partial charge in [-0.3, -0.25) is 9.59 Å². The Balaban J connectivity index is 3.60. The number of rotatable bonds is 35. The SMILES string of the molecule is CCCCC/C=C\C/C=C\CC(O)/C=C\C=C\CCCC(=O)OC[C@H](O)COC(=O)CCCCCCCCCCCCCCCCC(C)C. The van der Waals surface area contributed by atoms with Gasteiger partial charge < -0.3 is 19.7 Å². The molecular formula is C43H76O6. The molecule has 0 fully saturated rings. The van der Waals surface area contributed by atoms with E-state index in [1.54, 1.807) is 6.08 Å². The molecule has 2 N–H and O–H groups in total. The van der Waals surface area contributed by atoms with Crippen molar-refractivity contribution in [3.8, 4) is 0 Å². The molecule has 0 radical (unpaired) electrons. The maximum absolute atomic E-state index is 12.0. The van der Waals surface area contributed by atoms with Crippen LogP contribution < -0.4 is 0 Å². The third-order valence-electron chi connectivity index (χ3n) is 8.58. The molecule has 0 aromatic heterocycles. The molecule has 0 aromatic carbocycles. The van der Waals surface area contributed by atoms with Crippen molar-refractivity contribution in [2.45, 2.75) is 193 Å². The molecule has 0 amide bonds. The molecule has 0 bridgehead atoms. The van der Waals surface area contributed by atoms with E-state index in [1.165, 1.54) is 96.3 Å². The molecule has 2 atom stereocenters. The predicted molar refractivity (Wildman–Crippen MR) is 206 cm³/mol. The van der Waals surface area contributed by atoms with Gasteiger partial charge in [-0.15, -0.1) is 0 Å². The number of unbranched alkanes of at least 4 members (excludes halogenated alkanes) is 17. The highest BCUT2D eigenvalue weighted by molar-refractivity contribution is 5.69. The van der Waals surface area contributed by atoms with Gasteiger partial charge in [-0.1, -0.05) is 172 Å². The Morgan fingerprint density at radius 2 is 1.08 bits per heavy atom. The molecule has 0 heterocycles. The van der Waals surface area contributed by atoms with Crippen molar-refractivity contribution in [2.24, 2.45) is 5.92 Å². The van der Waals surface area contributed by atoms with E-state index in [0.717, 1.165) is 38.0 Å². The summed E-state index contributed by atoms with van der Waals surface area (Å²) in [5.74, 6) is 0.155. The van der Waals surface area contributed by atoms with E-state index in [4.69, 9.17) is 9.47 Å². The number of hydrogen-bond acceptors (Lipinski definition) is 6. The van der Waals surface area contributed by atoms with E-state index < -0.39 is 12.2 Å². The zero-order valence-electron chi connectivity index (χ0n) is 32.0. The maximum Gasteiger partial charge on any atom is 0.305 e. The number of esters is 2. The van der Waals surface area contributed by atoms with Gasteiger partial charge >= 0.3 is 11.9 Å². The molecule has 284 valence electrons. The lowest BCUT2D eigenvalue weighted by atomic mass is 10.0. The number of aliphatic hydroxyl groups excluding tert-OH is 2. The molecule has 1 unspecified atom stereocenters. The molecule has 0 aliphatic heterocycles. The molecule has 0 aliphatic carbocycles. The average molecular weight is 689 g/mol. The minimum Gasteiger partial charge on any atom is -0.463 e. The third kappa shape index (κ3) is 38.5. The Morgan fingerprint density at radius 3 is 1.65 bits per heavy atom. The highest BCUT2D eigenvalue weighted by Gasteiger charge is 2.12. The molecule has 0 aromatic rings. The molecule has 49 heavy (non-hydrogen) atoms. The van der Waals surface area contributed by atoms with Gasteiger partial charge in [0.15, 0.2) is 0 Å². The summed E-state index contributed by atoms with van der Waals surface area (Å²) in [5, 5.41) is 20.0. The van der Waals surface area contributed by atoms with Gasteiger partial charge in [0, 0.05) is 12.8 Å². The van der Waals surface area contributed by atoms with Crippen LogP contribution in [-0.2, 0) is 19.1 Å². The van der Waals surface area contributed by atoms with Crippen LogP contribution >= 0.6 is 0 Å². The second-order valence-electron chi connectivity index (χ2n) is 14.1. The number of carbonyl (C=O) groups excluding carboxylic acids is 2. The number of allylic oxidation sites excluding steroid dienone is 6. The van der Waals surface area contributed by atoms with E-state index in [2.05, 4.69) is 39.0 Å². The van der Waals surface area contributed by atoms with E-state index in [0.29, 0.717) is 25.7 Å². The summed E-state index contributed by atoms with van der Waals surface area (Å²) in [5.41, 5.74) is 0. The van der Waals surface area contributed by atoms with Crippen molar-refractivity contribution >= 4 is 11.9 Å². The van der Waals surface area contributed by atoms with Crippen LogP contribution in [0.1, 0.15) is 181 Å². The Hall–Kier alpha value is -2.18. The van der Waals surface area contributed by atoms with Gasteiger partial charge in [-0.25, -0.2) is 0 Å². The lowest BCUT2D eigenvalue weighted by Gasteiger charge is -2.12. The molecule has 0 aliphatic rings. The first kappa shape index (κ1) is 46.8. The summed E-state index contributed by atoms with van der Waals surface area (Å²) in [4.78, 5) is 23.9. The molecular weight excluding hydrogens is 612 g/mol. The quantitative estimate of drug-likeness (QED) is 0.0298. The van der Waals surface area contributed by atoms with Crippen molar-refractivity contribution in [3.05, 3.63) is 48.6 Å². The smallest absolute Gasteiger partial charge is 0.305 e. The number of ether oxygens (including phenoxy) is 2. The molecule has 0 spiro atoms. The second-order valence-corrected chi connectivity index (χ2v) is 14.1. The monoisotopic (exact) mass is 689 g/mol. The largest absolute Gasteiger partial charge is 0.463 e. The highest BCUT2D eigenvalue weighted by Crippen LogP contribution is 2.15. The van der Waals surface area contributed by atoms with E-state index in [-0.39, 0.29) is 31.6 Å². The van der Waals surface area contributed by atoms with Crippen LogP contribution in [0.4, 0.5) is 0 Å². The first-order valence-corrected chi connectivity index (χ1v) is 20.2. The van der Waals surface area contributed by atoms with Gasteiger partial charge in [0.25, 0.3) is 0 Å². The Bertz CT molecular complexity index is 858. The van der Waals surface area contributed by atoms with Crippen molar-refractivity contribution < 1.29 is 29.3 Å². The number of carbonyl (C=O) groups is 2. The van der Waals surface area contributed by atoms with Crippen LogP contribution in [0, 0.1) is 5.92 Å². The Labute approximate surface area is 301 Å². The topological polar surface area (TPSA) is 93.1 Å². The van der Waals surface area contributed by atoms with Gasteiger partial charge in [0.05, 0.1) is 6.10 Å². The first-order chi connectivity index (χ1) is 23.8. The minimum atomic E-state index is -1.01. The van der Waals surface area contributed by atoms with Gasteiger partial charge in [-0.2, -0.15) is 0 Å². The predicted octanol–water partition coefficient (Wildman–Crippen LogP) is 11.4. The van der Waals surface area contributed by atoms with Crippen LogP contribution in [0.2, 0.25) is 0 Å². The fraction of sp³-hybridized carbons (Fsp3) is 0.767. The fourth-order valence-corrected chi connectivity index (χ4v) is 5.46. The van der Waals surface area contributed by atoms with E-state index in [9.17, 15) is 19.8 Å². The molecule has 6 nitrogen and oxygen atoms in total. The summed E-state index contributed by atoms with van der Waals surface area (Å²) in [6, 6.07) is 0. The summed E-state index contributed by atoms with van der Waals surface area (Å²) < 4.78 is 10.3. The summed E-state index contributed by atoms with van der Waals surface area (Å²) >= 11 is 0. The molecule has 0 rings (SSSR count). The van der Waals surface area contributed by atoms with Crippen molar-refractivity contribution in [1.29, 1.82) is 0 Å². The highest BCUT2D eigenvalue weighted by atomic mass is 16.6. The maximum atomic E-state index is 12.0. The summed E-state index contributed by atoms with van der Waals surface area (Å²) in [7, 11) is 0. The van der Waals surface area contributed by atoms with Crippen molar-refractivity contribution in [2.75, 3.05) is 13.2 Å². The van der Waals surface area contributed by atoms with E-state index >= 15 is 0 Å². The number of hydrogen-bond donors (Lipinski definition) is 2. The average Bonchev–Trinajstić information content (AvgIpc) is 3.08. The lowest BCUT2D eigenvalue weighted by molar-refractivity contribution is -0.152. The number of aliphatic hydroxyl groups is 2. The summed E-state index contributed by atoms with van der Waals surface area (Å²) in [6.07, 6.45) is 42.0. The van der Waals surface area contributed by atoms with Gasteiger partial charge in [0.1, 0.15) is 19.3 Å². The van der Waals surface area contributed by atoms with Crippen LogP contribution in [0.15, 0.2) is 48.6 Å². The van der Waals surface area contributed by atoms with Gasteiger partial charge in [0.2, 0.25) is 0 Å². The Morgan fingerprint density at radius 1 is 0.571 bits per heavy atom. The zero-order chi connectivity index (χ0) is 36.0. The third-order valence-corrected chi connectivity index (χ3v) is 8.58. The molecule has 0 saturated heterocycles. The van der Waals surface area contributed by atoms with Crippen molar-refractivity contribution in [1.82, 2.24) is 0 Å². The lowest BCUT2D eigenvalue weighted by Crippen LogP contribution is -2.25. The fourth-order valence-electron chi connectivity index (χ4n) is 5.46. The minimum absolute atomic E-state index is 0.156. The summed E-state index contributed by atoms with van der Waals surface area (Å²) in [6.45, 7) is 6.50. The standard InChI is InChI=1S/C43H76O6/c1-4-5-6-7-8-15-19-23-28-33-40(44)34-29-24-21-26-31-36-43(47)49-38-41(45)37-48-42(46)35-30-25-20-17-14-12-10-9-11-13-16-18-22-27-32-39(2)3/h8,15,21,23-24,28-29,34,39-41,44-45H,4-7,9-14,16-20,22,25-27,30-33,35-38H2,1-3H3/b15-8-,24-21+,28-23-,34-29-/t40?,41-/m1/s1. The van der Waals surface area contributed by atoms with Crippen LogP contribution in [0.5, 0.6) is 0 Å². The first-order valence-electron chi connectivity index (χ1n) is 20.2. The van der Waals surface area contributed by atoms with Crippen LogP contribution in [-0.4, -0.2) is 47.6 Å². The molecule has 0 saturated carbocycles. The van der Waals surface area contributed by atoms with Gasteiger partial charge in [-0.05, 0) is 50.9 Å². The normalized spacial score (nSPS) is 13.4. The molecule has 6 heteroatoms. The Kier molecular flexibility index (Phi) is 35.4. The van der Waals surface area contributed by atoms with Crippen molar-refractivity contribution in [3.63, 3.8) is 0 Å². The van der Waals surface area contributed by atoms with Crippen LogP contribution in [0.3, 0.4) is 0 Å².